The first kappa shape index (κ1) is 23.5. The van der Waals surface area contributed by atoms with E-state index >= 15 is 0 Å². The number of aryl methyl sites for hydroxylation is 1. The summed E-state index contributed by atoms with van der Waals surface area (Å²) >= 11 is 0. The number of halogens is 3. The number of aromatic nitrogens is 5. The molecular formula is C21H23F3N8O2. The summed E-state index contributed by atoms with van der Waals surface area (Å²) in [6.45, 7) is 0.961. The first-order valence-electron chi connectivity index (χ1n) is 10.6. The molecule has 0 spiro atoms. The highest BCUT2D eigenvalue weighted by atomic mass is 19.4. The van der Waals surface area contributed by atoms with E-state index in [1.54, 1.807) is 12.1 Å². The molecular weight excluding hydrogens is 453 g/mol. The number of nitrogen functional groups attached to an aromatic ring is 1. The zero-order valence-corrected chi connectivity index (χ0v) is 18.5. The summed E-state index contributed by atoms with van der Waals surface area (Å²) in [5.41, 5.74) is 5.02. The van der Waals surface area contributed by atoms with Crippen LogP contribution >= 0.6 is 0 Å². The van der Waals surface area contributed by atoms with Gasteiger partial charge in [0.2, 0.25) is 5.91 Å². The van der Waals surface area contributed by atoms with Crippen LogP contribution in [0.3, 0.4) is 0 Å². The number of anilines is 2. The molecule has 3 aromatic rings. The highest BCUT2D eigenvalue weighted by Gasteiger charge is 2.46. The minimum atomic E-state index is -4.36. The Morgan fingerprint density at radius 3 is 2.68 bits per heavy atom. The number of amides is 1. The molecule has 4 heterocycles. The highest BCUT2D eigenvalue weighted by Crippen LogP contribution is 2.40. The van der Waals surface area contributed by atoms with Crippen molar-refractivity contribution in [1.82, 2.24) is 30.0 Å². The Hall–Kier alpha value is -3.61. The summed E-state index contributed by atoms with van der Waals surface area (Å²) in [7, 11) is 2.01. The first-order chi connectivity index (χ1) is 16.1. The SMILES string of the molecule is CC1(C=O)C(=O)Nc2nc(-c3nn(CCC(F)(F)F)c4ncccc34)nc(N)c21.CNC1CC1. The molecule has 1 aliphatic heterocycles. The van der Waals surface area contributed by atoms with Gasteiger partial charge in [0.1, 0.15) is 29.0 Å². The number of alkyl halides is 3. The average Bonchev–Trinajstić information content (AvgIpc) is 3.51. The van der Waals surface area contributed by atoms with Gasteiger partial charge in [0.05, 0.1) is 23.9 Å². The van der Waals surface area contributed by atoms with Crippen LogP contribution < -0.4 is 16.4 Å². The van der Waals surface area contributed by atoms with Crippen LogP contribution in [0.4, 0.5) is 24.8 Å². The molecule has 3 aromatic heterocycles. The summed E-state index contributed by atoms with van der Waals surface area (Å²) in [6.07, 6.45) is -0.747. The van der Waals surface area contributed by atoms with Crippen LogP contribution in [-0.4, -0.2) is 56.2 Å². The maximum absolute atomic E-state index is 12.6. The molecule has 5 rings (SSSR count). The van der Waals surface area contributed by atoms with Gasteiger partial charge in [0.25, 0.3) is 0 Å². The van der Waals surface area contributed by atoms with Crippen molar-refractivity contribution < 1.29 is 22.8 Å². The Kier molecular flexibility index (Phi) is 5.98. The van der Waals surface area contributed by atoms with Gasteiger partial charge in [-0.05, 0) is 38.9 Å². The van der Waals surface area contributed by atoms with Gasteiger partial charge in [-0.3, -0.25) is 4.79 Å². The molecule has 1 aliphatic carbocycles. The van der Waals surface area contributed by atoms with Gasteiger partial charge in [0, 0.05) is 12.2 Å². The number of pyridine rings is 1. The zero-order chi connectivity index (χ0) is 24.7. The molecule has 0 aromatic carbocycles. The number of rotatable bonds is 5. The quantitative estimate of drug-likeness (QED) is 0.376. The molecule has 1 unspecified atom stereocenters. The molecule has 0 radical (unpaired) electrons. The van der Waals surface area contributed by atoms with E-state index in [0.717, 1.165) is 10.7 Å². The monoisotopic (exact) mass is 476 g/mol. The van der Waals surface area contributed by atoms with Crippen LogP contribution in [0.2, 0.25) is 0 Å². The number of carbonyl (C=O) groups excluding carboxylic acids is 2. The normalized spacial score (nSPS) is 19.4. The molecule has 180 valence electrons. The van der Waals surface area contributed by atoms with Crippen molar-refractivity contribution in [3.63, 3.8) is 0 Å². The van der Waals surface area contributed by atoms with E-state index < -0.39 is 30.5 Å². The lowest BCUT2D eigenvalue weighted by atomic mass is 9.86. The number of fused-ring (bicyclic) bond motifs is 2. The van der Waals surface area contributed by atoms with Crippen LogP contribution in [0.5, 0.6) is 0 Å². The third-order valence-electron chi connectivity index (χ3n) is 5.71. The molecule has 13 heteroatoms. The number of hydrogen-bond donors (Lipinski definition) is 3. The standard InChI is InChI=1S/C17H14F3N7O2.C4H9N/c1-16(7-28)9-11(21)23-13(24-12(9)25-15(16)29)10-8-3-2-5-22-14(8)27(26-10)6-4-17(18,19)20;1-5-4-2-3-4/h2-3,5,7H,4,6H2,1H3,(H3,21,23,24,25,29);4-5H,2-3H2,1H3. The van der Waals surface area contributed by atoms with Gasteiger partial charge in [-0.15, -0.1) is 0 Å². The molecule has 2 aliphatic rings. The lowest BCUT2D eigenvalue weighted by Crippen LogP contribution is -2.33. The first-order valence-corrected chi connectivity index (χ1v) is 10.6. The predicted octanol–water partition coefficient (Wildman–Crippen LogP) is 2.20. The summed E-state index contributed by atoms with van der Waals surface area (Å²) in [5.74, 6) is -0.628. The summed E-state index contributed by atoms with van der Waals surface area (Å²) in [5, 5.41) is 10.3. The van der Waals surface area contributed by atoms with E-state index in [0.29, 0.717) is 11.7 Å². The van der Waals surface area contributed by atoms with Gasteiger partial charge in [-0.1, -0.05) is 0 Å². The van der Waals surface area contributed by atoms with Crippen molar-refractivity contribution in [3.8, 4) is 11.5 Å². The topological polar surface area (TPSA) is 141 Å². The molecule has 4 N–H and O–H groups in total. The molecule has 1 atom stereocenters. The van der Waals surface area contributed by atoms with Crippen molar-refractivity contribution in [1.29, 1.82) is 0 Å². The molecule has 34 heavy (non-hydrogen) atoms. The minimum absolute atomic E-state index is 0.000424. The number of hydrogen-bond acceptors (Lipinski definition) is 8. The zero-order valence-electron chi connectivity index (χ0n) is 18.5. The number of aldehydes is 1. The third kappa shape index (κ3) is 4.42. The predicted molar refractivity (Wildman–Crippen MR) is 118 cm³/mol. The Balaban J connectivity index is 0.000000486. The lowest BCUT2D eigenvalue weighted by Gasteiger charge is -2.14. The average molecular weight is 476 g/mol. The number of carbonyl (C=O) groups is 2. The van der Waals surface area contributed by atoms with Crippen LogP contribution in [0.25, 0.3) is 22.6 Å². The van der Waals surface area contributed by atoms with Crippen molar-refractivity contribution in [2.45, 2.75) is 50.4 Å². The second kappa shape index (κ2) is 8.63. The number of nitrogens with zero attached hydrogens (tertiary/aromatic N) is 5. The Bertz CT molecular complexity index is 1250. The number of nitrogens with two attached hydrogens (primary N) is 1. The smallest absolute Gasteiger partial charge is 0.383 e. The maximum atomic E-state index is 12.6. The fraction of sp³-hybridized carbons (Fsp3) is 0.429. The summed E-state index contributed by atoms with van der Waals surface area (Å²) in [6, 6.07) is 4.11. The van der Waals surface area contributed by atoms with E-state index in [1.807, 2.05) is 7.05 Å². The van der Waals surface area contributed by atoms with E-state index in [9.17, 15) is 22.8 Å². The third-order valence-corrected chi connectivity index (χ3v) is 5.71. The Morgan fingerprint density at radius 2 is 2.09 bits per heavy atom. The lowest BCUT2D eigenvalue weighted by molar-refractivity contribution is -0.137. The maximum Gasteiger partial charge on any atom is 0.390 e. The Morgan fingerprint density at radius 1 is 1.35 bits per heavy atom. The van der Waals surface area contributed by atoms with Gasteiger partial charge in [-0.25, -0.2) is 19.6 Å². The molecule has 10 nitrogen and oxygen atoms in total. The van der Waals surface area contributed by atoms with Crippen LogP contribution in [0, 0.1) is 0 Å². The van der Waals surface area contributed by atoms with Crippen molar-refractivity contribution in [2.24, 2.45) is 0 Å². The summed E-state index contributed by atoms with van der Waals surface area (Å²) in [4.78, 5) is 36.1. The Labute approximate surface area is 192 Å². The summed E-state index contributed by atoms with van der Waals surface area (Å²) < 4.78 is 39.1. The fourth-order valence-electron chi connectivity index (χ4n) is 3.59. The minimum Gasteiger partial charge on any atom is -0.383 e. The van der Waals surface area contributed by atoms with Crippen molar-refractivity contribution >= 4 is 34.9 Å². The molecule has 1 amide bonds. The largest absolute Gasteiger partial charge is 0.390 e. The second-order valence-corrected chi connectivity index (χ2v) is 8.30. The van der Waals surface area contributed by atoms with E-state index in [2.05, 4.69) is 30.7 Å². The fourth-order valence-corrected chi connectivity index (χ4v) is 3.59. The number of nitrogens with one attached hydrogen (secondary N) is 2. The van der Waals surface area contributed by atoms with Crippen LogP contribution in [-0.2, 0) is 21.5 Å². The van der Waals surface area contributed by atoms with Crippen LogP contribution in [0.1, 0.15) is 31.7 Å². The van der Waals surface area contributed by atoms with Gasteiger partial charge < -0.3 is 21.2 Å². The molecule has 1 fully saturated rings. The van der Waals surface area contributed by atoms with E-state index in [4.69, 9.17) is 5.73 Å². The van der Waals surface area contributed by atoms with Gasteiger partial charge in [0.15, 0.2) is 11.5 Å². The molecule has 1 saturated carbocycles. The van der Waals surface area contributed by atoms with Gasteiger partial charge in [-0.2, -0.15) is 18.3 Å². The van der Waals surface area contributed by atoms with Crippen LogP contribution in [0.15, 0.2) is 18.3 Å². The molecule has 0 saturated heterocycles. The van der Waals surface area contributed by atoms with Gasteiger partial charge >= 0.3 is 6.18 Å². The second-order valence-electron chi connectivity index (χ2n) is 8.30. The highest BCUT2D eigenvalue weighted by molar-refractivity contribution is 6.16. The van der Waals surface area contributed by atoms with E-state index in [-0.39, 0.29) is 34.4 Å². The van der Waals surface area contributed by atoms with E-state index in [1.165, 1.54) is 26.0 Å². The van der Waals surface area contributed by atoms with Crippen molar-refractivity contribution in [3.05, 3.63) is 23.9 Å². The molecule has 0 bridgehead atoms. The van der Waals surface area contributed by atoms with Crippen molar-refractivity contribution in [2.75, 3.05) is 18.1 Å².